The second-order valence-corrected chi connectivity index (χ2v) is 8.86. The zero-order valence-electron chi connectivity index (χ0n) is 18.6. The molecule has 1 saturated carbocycles. The Bertz CT molecular complexity index is 1150. The van der Waals surface area contributed by atoms with Gasteiger partial charge in [0.25, 0.3) is 5.91 Å². The average Bonchev–Trinajstić information content (AvgIpc) is 3.39. The van der Waals surface area contributed by atoms with Crippen LogP contribution in [0.3, 0.4) is 0 Å². The molecule has 166 valence electrons. The maximum atomic E-state index is 13.4. The fourth-order valence-electron chi connectivity index (χ4n) is 4.57. The summed E-state index contributed by atoms with van der Waals surface area (Å²) in [6.45, 7) is 3.63. The molecule has 2 heterocycles. The Labute approximate surface area is 188 Å². The first kappa shape index (κ1) is 20.8. The second kappa shape index (κ2) is 8.43. The van der Waals surface area contributed by atoms with E-state index in [1.54, 1.807) is 13.3 Å². The van der Waals surface area contributed by atoms with E-state index in [1.165, 1.54) is 6.42 Å². The van der Waals surface area contributed by atoms with Gasteiger partial charge in [-0.1, -0.05) is 12.1 Å². The van der Waals surface area contributed by atoms with Crippen molar-refractivity contribution in [1.29, 1.82) is 0 Å². The summed E-state index contributed by atoms with van der Waals surface area (Å²) in [6.07, 6.45) is 5.87. The van der Waals surface area contributed by atoms with E-state index in [4.69, 9.17) is 9.47 Å². The first-order valence-corrected chi connectivity index (χ1v) is 11.3. The molecule has 0 radical (unpaired) electrons. The number of hydrogen-bond acceptors (Lipinski definition) is 5. The van der Waals surface area contributed by atoms with Crippen LogP contribution in [-0.2, 0) is 5.54 Å². The van der Waals surface area contributed by atoms with Crippen molar-refractivity contribution >= 4 is 16.8 Å². The van der Waals surface area contributed by atoms with Gasteiger partial charge in [-0.3, -0.25) is 9.78 Å². The van der Waals surface area contributed by atoms with Gasteiger partial charge in [0.2, 0.25) is 0 Å². The van der Waals surface area contributed by atoms with Gasteiger partial charge in [-0.15, -0.1) is 0 Å². The third-order valence-electron chi connectivity index (χ3n) is 6.62. The second-order valence-electron chi connectivity index (χ2n) is 8.86. The van der Waals surface area contributed by atoms with Crippen LogP contribution >= 0.6 is 0 Å². The summed E-state index contributed by atoms with van der Waals surface area (Å²) in [6, 6.07) is 14.1. The minimum atomic E-state index is -0.399. The monoisotopic (exact) mass is 431 g/mol. The Kier molecular flexibility index (Phi) is 5.47. The molecule has 1 aliphatic carbocycles. The molecule has 1 unspecified atom stereocenters. The van der Waals surface area contributed by atoms with Crippen molar-refractivity contribution in [3.05, 3.63) is 65.4 Å². The van der Waals surface area contributed by atoms with Crippen molar-refractivity contribution in [2.45, 2.75) is 44.2 Å². The standard InChI is InChI=1S/C26H29N3O3/c1-17-7-8-19(32-16-18-5-3-11-27-18)13-22(17)25(30)29-26(9-10-26)23-14-20(31-2)15-24-21(23)6-4-12-28-24/h4,6-8,12-15,18,27H,3,5,9-11,16H2,1-2H3,(H,29,30). The van der Waals surface area contributed by atoms with Crippen LogP contribution in [0.5, 0.6) is 11.5 Å². The Morgan fingerprint density at radius 2 is 2.09 bits per heavy atom. The summed E-state index contributed by atoms with van der Waals surface area (Å²) in [5.74, 6) is 1.40. The molecule has 3 aromatic rings. The summed E-state index contributed by atoms with van der Waals surface area (Å²) >= 11 is 0. The van der Waals surface area contributed by atoms with Gasteiger partial charge in [0, 0.05) is 29.3 Å². The van der Waals surface area contributed by atoms with Crippen molar-refractivity contribution in [3.63, 3.8) is 0 Å². The molecule has 5 rings (SSSR count). The molecule has 2 aromatic carbocycles. The first-order chi connectivity index (χ1) is 15.6. The van der Waals surface area contributed by atoms with Crippen molar-refractivity contribution in [2.75, 3.05) is 20.3 Å². The normalized spacial score (nSPS) is 19.0. The summed E-state index contributed by atoms with van der Waals surface area (Å²) in [5, 5.41) is 7.80. The fraction of sp³-hybridized carbons (Fsp3) is 0.385. The maximum absolute atomic E-state index is 13.4. The number of fused-ring (bicyclic) bond motifs is 1. The fourth-order valence-corrected chi connectivity index (χ4v) is 4.57. The lowest BCUT2D eigenvalue weighted by atomic mass is 9.97. The summed E-state index contributed by atoms with van der Waals surface area (Å²) in [5.41, 5.74) is 3.12. The van der Waals surface area contributed by atoms with Gasteiger partial charge in [-0.25, -0.2) is 0 Å². The Balaban J connectivity index is 1.39. The van der Waals surface area contributed by atoms with Gasteiger partial charge < -0.3 is 20.1 Å². The predicted molar refractivity (Wildman–Crippen MR) is 124 cm³/mol. The van der Waals surface area contributed by atoms with Gasteiger partial charge >= 0.3 is 0 Å². The van der Waals surface area contributed by atoms with E-state index < -0.39 is 5.54 Å². The first-order valence-electron chi connectivity index (χ1n) is 11.3. The maximum Gasteiger partial charge on any atom is 0.252 e. The number of carbonyl (C=O) groups excluding carboxylic acids is 1. The number of pyridine rings is 1. The molecule has 32 heavy (non-hydrogen) atoms. The average molecular weight is 432 g/mol. The molecule has 0 bridgehead atoms. The Morgan fingerprint density at radius 1 is 1.22 bits per heavy atom. The highest BCUT2D eigenvalue weighted by molar-refractivity contribution is 5.97. The molecular formula is C26H29N3O3. The zero-order valence-corrected chi connectivity index (χ0v) is 18.6. The molecular weight excluding hydrogens is 402 g/mol. The third-order valence-corrected chi connectivity index (χ3v) is 6.62. The van der Waals surface area contributed by atoms with Gasteiger partial charge in [-0.05, 0) is 74.5 Å². The minimum Gasteiger partial charge on any atom is -0.497 e. The Hall–Kier alpha value is -3.12. The summed E-state index contributed by atoms with van der Waals surface area (Å²) in [4.78, 5) is 17.9. The van der Waals surface area contributed by atoms with E-state index in [1.807, 2.05) is 43.3 Å². The molecule has 1 aliphatic heterocycles. The van der Waals surface area contributed by atoms with Gasteiger partial charge in [0.15, 0.2) is 0 Å². The molecule has 2 fully saturated rings. The number of benzene rings is 2. The number of hydrogen-bond donors (Lipinski definition) is 2. The van der Waals surface area contributed by atoms with Crippen LogP contribution in [0.1, 0.15) is 47.2 Å². The predicted octanol–water partition coefficient (Wildman–Crippen LogP) is 4.10. The van der Waals surface area contributed by atoms with E-state index in [9.17, 15) is 4.79 Å². The van der Waals surface area contributed by atoms with Crippen LogP contribution in [0.2, 0.25) is 0 Å². The number of aryl methyl sites for hydroxylation is 1. The van der Waals surface area contributed by atoms with Crippen molar-refractivity contribution in [3.8, 4) is 11.5 Å². The number of ether oxygens (including phenoxy) is 2. The molecule has 6 nitrogen and oxygen atoms in total. The SMILES string of the molecule is COc1cc(C2(NC(=O)c3cc(OCC4CCCN4)ccc3C)CC2)c2cccnc2c1. The lowest BCUT2D eigenvalue weighted by Crippen LogP contribution is -2.35. The summed E-state index contributed by atoms with van der Waals surface area (Å²) in [7, 11) is 1.65. The number of methoxy groups -OCH3 is 1. The topological polar surface area (TPSA) is 72.5 Å². The highest BCUT2D eigenvalue weighted by atomic mass is 16.5. The van der Waals surface area contributed by atoms with Crippen molar-refractivity contribution in [1.82, 2.24) is 15.6 Å². The molecule has 1 amide bonds. The molecule has 1 aromatic heterocycles. The van der Waals surface area contributed by atoms with E-state index in [2.05, 4.69) is 21.7 Å². The van der Waals surface area contributed by atoms with Crippen LogP contribution in [0.25, 0.3) is 10.9 Å². The number of nitrogens with zero attached hydrogens (tertiary/aromatic N) is 1. The minimum absolute atomic E-state index is 0.0794. The molecule has 1 saturated heterocycles. The molecule has 2 N–H and O–H groups in total. The largest absolute Gasteiger partial charge is 0.497 e. The smallest absolute Gasteiger partial charge is 0.252 e. The highest BCUT2D eigenvalue weighted by Crippen LogP contribution is 2.49. The van der Waals surface area contributed by atoms with Gasteiger partial charge in [0.1, 0.15) is 18.1 Å². The van der Waals surface area contributed by atoms with Gasteiger partial charge in [0.05, 0.1) is 18.2 Å². The Morgan fingerprint density at radius 3 is 2.84 bits per heavy atom. The van der Waals surface area contributed by atoms with Crippen LogP contribution < -0.4 is 20.1 Å². The summed E-state index contributed by atoms with van der Waals surface area (Å²) < 4.78 is 11.5. The molecule has 0 spiro atoms. The van der Waals surface area contributed by atoms with Crippen LogP contribution in [0.15, 0.2) is 48.7 Å². The molecule has 1 atom stereocenters. The molecule has 2 aliphatic rings. The van der Waals surface area contributed by atoms with E-state index in [0.29, 0.717) is 18.2 Å². The number of amides is 1. The van der Waals surface area contributed by atoms with E-state index in [-0.39, 0.29) is 5.91 Å². The lowest BCUT2D eigenvalue weighted by Gasteiger charge is -2.22. The number of aromatic nitrogens is 1. The number of carbonyl (C=O) groups is 1. The quantitative estimate of drug-likeness (QED) is 0.589. The van der Waals surface area contributed by atoms with Crippen molar-refractivity contribution < 1.29 is 14.3 Å². The van der Waals surface area contributed by atoms with Crippen LogP contribution in [-0.4, -0.2) is 37.2 Å². The zero-order chi connectivity index (χ0) is 22.1. The van der Waals surface area contributed by atoms with Crippen LogP contribution in [0.4, 0.5) is 0 Å². The molecule has 6 heteroatoms. The number of rotatable bonds is 7. The van der Waals surface area contributed by atoms with E-state index in [0.717, 1.165) is 59.3 Å². The van der Waals surface area contributed by atoms with Gasteiger partial charge in [-0.2, -0.15) is 0 Å². The lowest BCUT2D eigenvalue weighted by molar-refractivity contribution is 0.0930. The van der Waals surface area contributed by atoms with Crippen molar-refractivity contribution in [2.24, 2.45) is 0 Å². The van der Waals surface area contributed by atoms with E-state index >= 15 is 0 Å². The van der Waals surface area contributed by atoms with Crippen LogP contribution in [0, 0.1) is 6.92 Å². The number of nitrogens with one attached hydrogen (secondary N) is 2. The highest BCUT2D eigenvalue weighted by Gasteiger charge is 2.47. The third kappa shape index (κ3) is 4.02.